The summed E-state index contributed by atoms with van der Waals surface area (Å²) in [5, 5.41) is 15.9. The van der Waals surface area contributed by atoms with Crippen LogP contribution < -0.4 is 5.32 Å². The number of carbonyl (C=O) groups excluding carboxylic acids is 1. The Bertz CT molecular complexity index is 917. The zero-order chi connectivity index (χ0) is 20.1. The molecule has 0 aromatic carbocycles. The molecule has 1 fully saturated rings. The lowest BCUT2D eigenvalue weighted by Crippen LogP contribution is -2.46. The molecule has 0 unspecified atom stereocenters. The topological polar surface area (TPSA) is 98.1 Å². The normalized spacial score (nSPS) is 21.5. The first-order chi connectivity index (χ1) is 13.1. The van der Waals surface area contributed by atoms with E-state index in [1.165, 1.54) is 4.80 Å². The average Bonchev–Trinajstić information content (AvgIpc) is 3.20. The van der Waals surface area contributed by atoms with E-state index < -0.39 is 5.60 Å². The largest absolute Gasteiger partial charge is 0.444 e. The van der Waals surface area contributed by atoms with Gasteiger partial charge in [0.1, 0.15) is 11.4 Å². The molecule has 2 aliphatic heterocycles. The van der Waals surface area contributed by atoms with Gasteiger partial charge in [-0.3, -0.25) is 0 Å². The lowest BCUT2D eigenvalue weighted by molar-refractivity contribution is 0.0285. The third kappa shape index (κ3) is 3.53. The monoisotopic (exact) mass is 385 g/mol. The summed E-state index contributed by atoms with van der Waals surface area (Å²) >= 11 is 0. The van der Waals surface area contributed by atoms with Crippen LogP contribution in [0.5, 0.6) is 0 Å². The number of amides is 1. The predicted octanol–water partition coefficient (Wildman–Crippen LogP) is 2.32. The van der Waals surface area contributed by atoms with Crippen molar-refractivity contribution >= 4 is 11.9 Å². The fraction of sp³-hybridized carbons (Fsp3) is 0.632. The van der Waals surface area contributed by atoms with Gasteiger partial charge in [0.15, 0.2) is 0 Å². The minimum atomic E-state index is -0.483. The van der Waals surface area contributed by atoms with Crippen molar-refractivity contribution in [3.8, 4) is 11.4 Å². The Labute approximate surface area is 164 Å². The second-order valence-electron chi connectivity index (χ2n) is 8.79. The number of likely N-dealkylation sites (tertiary alicyclic amines) is 1. The summed E-state index contributed by atoms with van der Waals surface area (Å²) in [7, 11) is 1.75. The number of tetrazole rings is 1. The Morgan fingerprint density at radius 2 is 2.11 bits per heavy atom. The minimum absolute atomic E-state index is 0.143. The molecule has 0 bridgehead atoms. The second kappa shape index (κ2) is 6.42. The van der Waals surface area contributed by atoms with Crippen LogP contribution in [-0.2, 0) is 18.2 Å². The third-order valence-corrected chi connectivity index (χ3v) is 5.30. The molecule has 2 aromatic heterocycles. The van der Waals surface area contributed by atoms with Crippen LogP contribution in [0.1, 0.15) is 44.9 Å². The van der Waals surface area contributed by atoms with Gasteiger partial charge in [0.2, 0.25) is 5.82 Å². The molecule has 2 aromatic rings. The number of aryl methyl sites for hydroxylation is 3. The van der Waals surface area contributed by atoms with Crippen molar-refractivity contribution in [3.63, 3.8) is 0 Å². The Morgan fingerprint density at radius 1 is 1.32 bits per heavy atom. The molecule has 9 heteroatoms. The summed E-state index contributed by atoms with van der Waals surface area (Å²) in [6.45, 7) is 8.95. The van der Waals surface area contributed by atoms with Crippen LogP contribution in [0.2, 0.25) is 0 Å². The van der Waals surface area contributed by atoms with E-state index in [1.54, 1.807) is 11.9 Å². The van der Waals surface area contributed by atoms with Gasteiger partial charge in [-0.05, 0) is 63.8 Å². The number of carbonyl (C=O) groups is 1. The predicted molar refractivity (Wildman–Crippen MR) is 104 cm³/mol. The highest BCUT2D eigenvalue weighted by Crippen LogP contribution is 2.38. The molecule has 28 heavy (non-hydrogen) atoms. The van der Waals surface area contributed by atoms with E-state index in [2.05, 4.69) is 26.8 Å². The number of rotatable bonds is 1. The van der Waals surface area contributed by atoms with Crippen molar-refractivity contribution < 1.29 is 9.53 Å². The molecule has 2 aliphatic rings. The van der Waals surface area contributed by atoms with Crippen LogP contribution in [0, 0.1) is 6.92 Å². The second-order valence-corrected chi connectivity index (χ2v) is 8.79. The number of fused-ring (bicyclic) bond motifs is 1. The molecule has 1 N–H and O–H groups in total. The molecule has 0 radical (unpaired) electrons. The summed E-state index contributed by atoms with van der Waals surface area (Å²) in [6, 6.07) is 2.11. The molecular formula is C19H27N7O2. The van der Waals surface area contributed by atoms with Gasteiger partial charge in [-0.25, -0.2) is 9.78 Å². The van der Waals surface area contributed by atoms with Gasteiger partial charge in [-0.2, -0.15) is 4.80 Å². The van der Waals surface area contributed by atoms with Crippen LogP contribution in [0.3, 0.4) is 0 Å². The van der Waals surface area contributed by atoms with Gasteiger partial charge < -0.3 is 15.0 Å². The Balaban J connectivity index is 1.53. The smallest absolute Gasteiger partial charge is 0.410 e. The van der Waals surface area contributed by atoms with Gasteiger partial charge in [0.25, 0.3) is 0 Å². The molecule has 1 atom stereocenters. The van der Waals surface area contributed by atoms with Gasteiger partial charge in [0, 0.05) is 18.7 Å². The van der Waals surface area contributed by atoms with Gasteiger partial charge in [-0.15, -0.1) is 10.2 Å². The highest BCUT2D eigenvalue weighted by Gasteiger charge is 2.43. The number of pyridine rings is 1. The van der Waals surface area contributed by atoms with Gasteiger partial charge >= 0.3 is 6.09 Å². The van der Waals surface area contributed by atoms with E-state index in [9.17, 15) is 4.79 Å². The van der Waals surface area contributed by atoms with Crippen LogP contribution in [0.25, 0.3) is 11.4 Å². The van der Waals surface area contributed by atoms with Crippen molar-refractivity contribution in [1.29, 1.82) is 0 Å². The fourth-order valence-corrected chi connectivity index (χ4v) is 3.91. The first kappa shape index (κ1) is 18.6. The maximum atomic E-state index is 12.4. The highest BCUT2D eigenvalue weighted by molar-refractivity contribution is 5.69. The van der Waals surface area contributed by atoms with E-state index in [-0.39, 0.29) is 11.6 Å². The van der Waals surface area contributed by atoms with E-state index in [4.69, 9.17) is 9.72 Å². The van der Waals surface area contributed by atoms with Gasteiger partial charge in [0.05, 0.1) is 18.3 Å². The zero-order valence-electron chi connectivity index (χ0n) is 17.1. The first-order valence-corrected chi connectivity index (χ1v) is 9.65. The summed E-state index contributed by atoms with van der Waals surface area (Å²) in [6.07, 6.45) is 2.48. The quantitative estimate of drug-likeness (QED) is 0.804. The number of nitrogens with one attached hydrogen (secondary N) is 1. The SMILES string of the molecule is Cc1nc2c(cc1-c1nnn(C)n1)CC[C@@]1(CCN(C(=O)OC(C)(C)C)C1)N2. The number of ether oxygens (including phenoxy) is 1. The van der Waals surface area contributed by atoms with Crippen LogP contribution in [-0.4, -0.2) is 60.4 Å². The number of anilines is 1. The van der Waals surface area contributed by atoms with E-state index >= 15 is 0 Å². The summed E-state index contributed by atoms with van der Waals surface area (Å²) in [5.74, 6) is 1.48. The van der Waals surface area contributed by atoms with Crippen molar-refractivity contribution in [2.45, 2.75) is 58.1 Å². The third-order valence-electron chi connectivity index (χ3n) is 5.30. The molecule has 4 heterocycles. The minimum Gasteiger partial charge on any atom is -0.444 e. The Kier molecular flexibility index (Phi) is 4.28. The van der Waals surface area contributed by atoms with Crippen molar-refractivity contribution in [3.05, 3.63) is 17.3 Å². The number of aromatic nitrogens is 5. The van der Waals surface area contributed by atoms with Crippen molar-refractivity contribution in [1.82, 2.24) is 30.1 Å². The number of hydrogen-bond donors (Lipinski definition) is 1. The molecule has 9 nitrogen and oxygen atoms in total. The van der Waals surface area contributed by atoms with Crippen LogP contribution in [0.4, 0.5) is 10.6 Å². The molecule has 4 rings (SSSR count). The molecule has 0 saturated carbocycles. The average molecular weight is 385 g/mol. The standard InChI is InChI=1S/C19H27N7O2/c1-12-14(16-22-24-25(5)23-16)10-13-6-7-19(21-15(13)20-12)8-9-26(11-19)17(27)28-18(2,3)4/h10H,6-9,11H2,1-5H3,(H,20,21)/t19-/m0/s1. The van der Waals surface area contributed by atoms with Crippen LogP contribution in [0.15, 0.2) is 6.07 Å². The summed E-state index contributed by atoms with van der Waals surface area (Å²) in [4.78, 5) is 20.5. The lowest BCUT2D eigenvalue weighted by atomic mass is 9.86. The molecular weight excluding hydrogens is 358 g/mol. The fourth-order valence-electron chi connectivity index (χ4n) is 3.91. The molecule has 1 amide bonds. The van der Waals surface area contributed by atoms with Crippen LogP contribution >= 0.6 is 0 Å². The van der Waals surface area contributed by atoms with Crippen molar-refractivity contribution in [2.75, 3.05) is 18.4 Å². The summed E-state index contributed by atoms with van der Waals surface area (Å²) in [5.41, 5.74) is 2.29. The van der Waals surface area contributed by atoms with Crippen molar-refractivity contribution in [2.24, 2.45) is 7.05 Å². The number of hydrogen-bond acceptors (Lipinski definition) is 7. The first-order valence-electron chi connectivity index (χ1n) is 9.65. The van der Waals surface area contributed by atoms with E-state index in [0.717, 1.165) is 41.9 Å². The van der Waals surface area contributed by atoms with E-state index in [0.29, 0.717) is 18.9 Å². The molecule has 1 spiro atoms. The highest BCUT2D eigenvalue weighted by atomic mass is 16.6. The maximum Gasteiger partial charge on any atom is 0.410 e. The molecule has 150 valence electrons. The maximum absolute atomic E-state index is 12.4. The molecule has 1 saturated heterocycles. The Hall–Kier alpha value is -2.71. The molecule has 0 aliphatic carbocycles. The number of nitrogens with zero attached hydrogens (tertiary/aromatic N) is 6. The lowest BCUT2D eigenvalue weighted by Gasteiger charge is -2.36. The Morgan fingerprint density at radius 3 is 2.79 bits per heavy atom. The van der Waals surface area contributed by atoms with E-state index in [1.807, 2.05) is 27.7 Å². The zero-order valence-corrected chi connectivity index (χ0v) is 17.1. The summed E-state index contributed by atoms with van der Waals surface area (Å²) < 4.78 is 5.53. The van der Waals surface area contributed by atoms with Gasteiger partial charge in [-0.1, -0.05) is 0 Å².